The van der Waals surface area contributed by atoms with Gasteiger partial charge in [-0.25, -0.2) is 9.78 Å². The number of hydrogen-bond acceptors (Lipinski definition) is 7. The molecule has 0 bridgehead atoms. The van der Waals surface area contributed by atoms with Crippen molar-refractivity contribution in [1.82, 2.24) is 9.66 Å². The van der Waals surface area contributed by atoms with Crippen molar-refractivity contribution in [1.29, 1.82) is 0 Å². The minimum absolute atomic E-state index is 0.192. The number of nitrogens with zero attached hydrogens (tertiary/aromatic N) is 3. The van der Waals surface area contributed by atoms with Gasteiger partial charge in [-0.05, 0) is 61.0 Å². The molecule has 1 atom stereocenters. The molecule has 0 amide bonds. The van der Waals surface area contributed by atoms with Crippen molar-refractivity contribution in [3.8, 4) is 11.5 Å². The van der Waals surface area contributed by atoms with Gasteiger partial charge in [0, 0.05) is 20.9 Å². The fourth-order valence-corrected chi connectivity index (χ4v) is 4.22. The molecule has 3 aromatic rings. The first-order valence-corrected chi connectivity index (χ1v) is 12.9. The number of aryl methyl sites for hydroxylation is 1. The Morgan fingerprint density at radius 1 is 1.23 bits per heavy atom. The molecule has 0 fully saturated rings. The van der Waals surface area contributed by atoms with Gasteiger partial charge in [0.2, 0.25) is 0 Å². The lowest BCUT2D eigenvalue weighted by Gasteiger charge is -2.19. The molecule has 2 aromatic carbocycles. The number of hydrogen-bond donors (Lipinski definition) is 0. The Bertz CT molecular complexity index is 1340. The largest absolute Gasteiger partial charge is 0.490 e. The van der Waals surface area contributed by atoms with Crippen LogP contribution >= 0.6 is 43.5 Å². The molecular formula is C24H24Br2ClN3O5. The van der Waals surface area contributed by atoms with Gasteiger partial charge in [0.05, 0.1) is 30.3 Å². The van der Waals surface area contributed by atoms with Crippen LogP contribution in [0.4, 0.5) is 0 Å². The summed E-state index contributed by atoms with van der Waals surface area (Å²) in [6.07, 6.45) is 1.10. The minimum atomic E-state index is -0.897. The fraction of sp³-hybridized carbons (Fsp3) is 0.333. The Kier molecular flexibility index (Phi) is 9.32. The first-order valence-electron chi connectivity index (χ1n) is 10.9. The summed E-state index contributed by atoms with van der Waals surface area (Å²) < 4.78 is 19.0. The SMILES string of the molecule is CCOC(=O)[C@@H](C)Oc1c(OCC)cc(C=Nn2c(CC)nc3ccc(Br)cc3c2=O)c(Br)c1Cl. The number of fused-ring (bicyclic) bond motifs is 1. The summed E-state index contributed by atoms with van der Waals surface area (Å²) in [6.45, 7) is 7.56. The van der Waals surface area contributed by atoms with Crippen LogP contribution in [-0.4, -0.2) is 41.2 Å². The second-order valence-corrected chi connectivity index (χ2v) is 9.36. The van der Waals surface area contributed by atoms with Gasteiger partial charge in [-0.3, -0.25) is 4.79 Å². The Labute approximate surface area is 224 Å². The van der Waals surface area contributed by atoms with E-state index < -0.39 is 12.1 Å². The molecule has 0 aliphatic rings. The maximum atomic E-state index is 13.2. The summed E-state index contributed by atoms with van der Waals surface area (Å²) in [5, 5.41) is 5.05. The number of aromatic nitrogens is 2. The third-order valence-corrected chi connectivity index (χ3v) is 6.81. The van der Waals surface area contributed by atoms with Crippen LogP contribution in [0.3, 0.4) is 0 Å². The van der Waals surface area contributed by atoms with Gasteiger partial charge in [0.15, 0.2) is 17.6 Å². The molecular weight excluding hydrogens is 606 g/mol. The molecule has 0 unspecified atom stereocenters. The van der Waals surface area contributed by atoms with Crippen LogP contribution in [0.5, 0.6) is 11.5 Å². The molecule has 0 spiro atoms. The molecule has 0 saturated carbocycles. The van der Waals surface area contributed by atoms with E-state index in [9.17, 15) is 9.59 Å². The average Bonchev–Trinajstić information content (AvgIpc) is 2.84. The zero-order valence-electron chi connectivity index (χ0n) is 19.6. The van der Waals surface area contributed by atoms with E-state index in [0.29, 0.717) is 45.5 Å². The molecule has 186 valence electrons. The van der Waals surface area contributed by atoms with Crippen LogP contribution < -0.4 is 15.0 Å². The molecule has 0 aliphatic carbocycles. The highest BCUT2D eigenvalue weighted by Crippen LogP contribution is 2.43. The third-order valence-electron chi connectivity index (χ3n) is 4.87. The minimum Gasteiger partial charge on any atom is -0.490 e. The number of esters is 1. The Hall–Kier alpha value is -2.43. The number of carbonyl (C=O) groups is 1. The summed E-state index contributed by atoms with van der Waals surface area (Å²) in [5.41, 5.74) is 0.847. The molecule has 0 N–H and O–H groups in total. The first kappa shape index (κ1) is 27.2. The molecule has 0 saturated heterocycles. The summed E-state index contributed by atoms with van der Waals surface area (Å²) in [7, 11) is 0. The van der Waals surface area contributed by atoms with E-state index >= 15 is 0 Å². The standard InChI is InChI=1S/C24H24Br2ClN3O5/c1-5-19-29-17-9-8-15(25)11-16(17)23(31)30(19)28-12-14-10-18(33-6-2)22(21(27)20(14)26)35-13(4)24(32)34-7-3/h8-13H,5-7H2,1-4H3/t13-/m1/s1. The van der Waals surface area contributed by atoms with Gasteiger partial charge in [0.1, 0.15) is 10.8 Å². The van der Waals surface area contributed by atoms with Gasteiger partial charge < -0.3 is 14.2 Å². The molecule has 1 aromatic heterocycles. The van der Waals surface area contributed by atoms with E-state index in [-0.39, 0.29) is 22.9 Å². The van der Waals surface area contributed by atoms with Gasteiger partial charge in [-0.2, -0.15) is 9.78 Å². The quantitative estimate of drug-likeness (QED) is 0.221. The molecule has 35 heavy (non-hydrogen) atoms. The van der Waals surface area contributed by atoms with Crippen molar-refractivity contribution < 1.29 is 19.0 Å². The predicted octanol–water partition coefficient (Wildman–Crippen LogP) is 5.75. The first-order chi connectivity index (χ1) is 16.7. The van der Waals surface area contributed by atoms with E-state index in [1.54, 1.807) is 32.0 Å². The summed E-state index contributed by atoms with van der Waals surface area (Å²) in [4.78, 5) is 29.8. The molecule has 8 nitrogen and oxygen atoms in total. The van der Waals surface area contributed by atoms with E-state index in [2.05, 4.69) is 41.9 Å². The van der Waals surface area contributed by atoms with E-state index in [1.165, 1.54) is 10.9 Å². The highest BCUT2D eigenvalue weighted by Gasteiger charge is 2.23. The lowest BCUT2D eigenvalue weighted by molar-refractivity contribution is -0.150. The number of carbonyl (C=O) groups excluding carboxylic acids is 1. The topological polar surface area (TPSA) is 92.0 Å². The highest BCUT2D eigenvalue weighted by molar-refractivity contribution is 9.10. The molecule has 3 rings (SSSR count). The lowest BCUT2D eigenvalue weighted by atomic mass is 10.2. The van der Waals surface area contributed by atoms with Crippen molar-refractivity contribution in [2.24, 2.45) is 5.10 Å². The average molecular weight is 630 g/mol. The van der Waals surface area contributed by atoms with Gasteiger partial charge in [-0.1, -0.05) is 34.5 Å². The Morgan fingerprint density at radius 2 is 1.97 bits per heavy atom. The van der Waals surface area contributed by atoms with Crippen molar-refractivity contribution in [3.63, 3.8) is 0 Å². The van der Waals surface area contributed by atoms with Gasteiger partial charge in [0.25, 0.3) is 5.56 Å². The normalized spacial score (nSPS) is 12.2. The lowest BCUT2D eigenvalue weighted by Crippen LogP contribution is -2.26. The van der Waals surface area contributed by atoms with Crippen molar-refractivity contribution in [3.05, 3.63) is 60.0 Å². The van der Waals surface area contributed by atoms with Gasteiger partial charge >= 0.3 is 5.97 Å². The summed E-state index contributed by atoms with van der Waals surface area (Å²) in [5.74, 6) is 0.509. The van der Waals surface area contributed by atoms with Crippen LogP contribution in [0.2, 0.25) is 5.02 Å². The maximum Gasteiger partial charge on any atom is 0.347 e. The Morgan fingerprint density at radius 3 is 2.63 bits per heavy atom. The van der Waals surface area contributed by atoms with Crippen LogP contribution in [0.15, 0.2) is 43.1 Å². The molecule has 11 heteroatoms. The summed E-state index contributed by atoms with van der Waals surface area (Å²) >= 11 is 13.4. The Balaban J connectivity index is 2.07. The van der Waals surface area contributed by atoms with Crippen molar-refractivity contribution >= 4 is 66.5 Å². The van der Waals surface area contributed by atoms with Crippen LogP contribution in [-0.2, 0) is 16.0 Å². The second-order valence-electron chi connectivity index (χ2n) is 7.27. The zero-order chi connectivity index (χ0) is 25.7. The second kappa shape index (κ2) is 12.0. The van der Waals surface area contributed by atoms with Crippen molar-refractivity contribution in [2.45, 2.75) is 40.2 Å². The van der Waals surface area contributed by atoms with E-state index in [0.717, 1.165) is 4.47 Å². The monoisotopic (exact) mass is 627 g/mol. The van der Waals surface area contributed by atoms with Crippen molar-refractivity contribution in [2.75, 3.05) is 13.2 Å². The van der Waals surface area contributed by atoms with Crippen LogP contribution in [0.1, 0.15) is 39.1 Å². The third kappa shape index (κ3) is 6.05. The van der Waals surface area contributed by atoms with Crippen LogP contribution in [0, 0.1) is 0 Å². The summed E-state index contributed by atoms with van der Waals surface area (Å²) in [6, 6.07) is 7.00. The highest BCUT2D eigenvalue weighted by atomic mass is 79.9. The maximum absolute atomic E-state index is 13.2. The van der Waals surface area contributed by atoms with Gasteiger partial charge in [-0.15, -0.1) is 0 Å². The van der Waals surface area contributed by atoms with E-state index in [1.807, 2.05) is 19.9 Å². The number of halogens is 3. The number of benzene rings is 2. The fourth-order valence-electron chi connectivity index (χ4n) is 3.22. The molecule has 0 aliphatic heterocycles. The number of ether oxygens (including phenoxy) is 3. The number of rotatable bonds is 9. The smallest absolute Gasteiger partial charge is 0.347 e. The molecule has 0 radical (unpaired) electrons. The van der Waals surface area contributed by atoms with Crippen LogP contribution in [0.25, 0.3) is 10.9 Å². The molecule has 1 heterocycles. The predicted molar refractivity (Wildman–Crippen MR) is 143 cm³/mol. The zero-order valence-corrected chi connectivity index (χ0v) is 23.5. The van der Waals surface area contributed by atoms with E-state index in [4.69, 9.17) is 25.8 Å².